The minimum atomic E-state index is -0.408. The van der Waals surface area contributed by atoms with Gasteiger partial charge in [-0.25, -0.2) is 0 Å². The van der Waals surface area contributed by atoms with Crippen LogP contribution in [0.4, 0.5) is 0 Å². The molecule has 0 radical (unpaired) electrons. The number of ketones is 1. The van der Waals surface area contributed by atoms with E-state index in [0.29, 0.717) is 17.7 Å². The molecule has 0 aliphatic carbocycles. The summed E-state index contributed by atoms with van der Waals surface area (Å²) in [5, 5.41) is 22.6. The lowest BCUT2D eigenvalue weighted by atomic mass is 10.0. The number of hydrogen-bond donors (Lipinski definition) is 2. The van der Waals surface area contributed by atoms with Crippen LogP contribution in [0.25, 0.3) is 5.76 Å². The highest BCUT2D eigenvalue weighted by molar-refractivity contribution is 6.08. The number of methoxy groups -OCH3 is 1. The third-order valence-corrected chi connectivity index (χ3v) is 3.38. The van der Waals surface area contributed by atoms with Crippen LogP contribution in [0.2, 0.25) is 0 Å². The summed E-state index contributed by atoms with van der Waals surface area (Å²) in [6, 6.07) is 9.01. The number of benzene rings is 1. The second kappa shape index (κ2) is 6.78. The number of allylic oxidation sites excluding steroid dienone is 1. The van der Waals surface area contributed by atoms with Crippen molar-refractivity contribution in [1.82, 2.24) is 20.6 Å². The average Bonchev–Trinajstić information content (AvgIpc) is 3.27. The van der Waals surface area contributed by atoms with Gasteiger partial charge in [0.15, 0.2) is 11.5 Å². The number of hydrogen-bond acceptors (Lipinski definition) is 7. The summed E-state index contributed by atoms with van der Waals surface area (Å²) in [4.78, 5) is 12.3. The van der Waals surface area contributed by atoms with E-state index in [4.69, 9.17) is 9.15 Å². The highest BCUT2D eigenvalue weighted by Gasteiger charge is 2.16. The van der Waals surface area contributed by atoms with E-state index in [0.717, 1.165) is 17.4 Å². The van der Waals surface area contributed by atoms with E-state index in [-0.39, 0.29) is 11.6 Å². The number of aromatic nitrogens is 4. The summed E-state index contributed by atoms with van der Waals surface area (Å²) >= 11 is 0. The molecule has 1 aromatic carbocycles. The first-order valence-electron chi connectivity index (χ1n) is 7.05. The smallest absolute Gasteiger partial charge is 0.239 e. The summed E-state index contributed by atoms with van der Waals surface area (Å²) in [5.41, 5.74) is 1.33. The van der Waals surface area contributed by atoms with E-state index >= 15 is 0 Å². The molecule has 0 unspecified atom stereocenters. The number of furan rings is 1. The Bertz CT molecular complexity index is 851. The number of carbonyl (C=O) groups excluding carboxylic acids is 1. The molecule has 8 heteroatoms. The van der Waals surface area contributed by atoms with Crippen LogP contribution in [0.3, 0.4) is 0 Å². The fraction of sp³-hybridized carbons (Fsp3) is 0.125. The Balaban J connectivity index is 1.79. The van der Waals surface area contributed by atoms with Crippen LogP contribution in [0.5, 0.6) is 5.75 Å². The van der Waals surface area contributed by atoms with Gasteiger partial charge in [0.2, 0.25) is 5.82 Å². The lowest BCUT2D eigenvalue weighted by molar-refractivity contribution is 0.104. The van der Waals surface area contributed by atoms with E-state index in [9.17, 15) is 9.90 Å². The van der Waals surface area contributed by atoms with Crippen molar-refractivity contribution in [2.75, 3.05) is 7.11 Å². The van der Waals surface area contributed by atoms with E-state index in [1.54, 1.807) is 13.2 Å². The maximum absolute atomic E-state index is 12.3. The molecule has 122 valence electrons. The number of carbonyl (C=O) groups is 1. The summed E-state index contributed by atoms with van der Waals surface area (Å²) in [5.74, 6) is 0.424. The van der Waals surface area contributed by atoms with Crippen molar-refractivity contribution < 1.29 is 19.1 Å². The maximum Gasteiger partial charge on any atom is 0.239 e. The SMILES string of the molecule is COc1ccc(Cc2occc2C(=O)C=C(O)c2nn[nH]n2)cc1. The van der Waals surface area contributed by atoms with Crippen LogP contribution in [-0.4, -0.2) is 38.6 Å². The van der Waals surface area contributed by atoms with Gasteiger partial charge in [-0.15, -0.1) is 10.2 Å². The zero-order valence-electron chi connectivity index (χ0n) is 12.8. The van der Waals surface area contributed by atoms with Crippen LogP contribution in [0.15, 0.2) is 47.1 Å². The molecule has 2 aromatic heterocycles. The second-order valence-electron chi connectivity index (χ2n) is 4.91. The monoisotopic (exact) mass is 326 g/mol. The van der Waals surface area contributed by atoms with Crippen LogP contribution in [-0.2, 0) is 6.42 Å². The molecular weight excluding hydrogens is 312 g/mol. The fourth-order valence-electron chi connectivity index (χ4n) is 2.16. The molecule has 24 heavy (non-hydrogen) atoms. The molecular formula is C16H14N4O4. The molecule has 0 aliphatic heterocycles. The number of aliphatic hydroxyl groups is 1. The number of rotatable bonds is 6. The highest BCUT2D eigenvalue weighted by atomic mass is 16.5. The topological polar surface area (TPSA) is 114 Å². The first kappa shape index (κ1) is 15.5. The van der Waals surface area contributed by atoms with Gasteiger partial charge in [0, 0.05) is 12.5 Å². The van der Waals surface area contributed by atoms with Crippen molar-refractivity contribution in [2.45, 2.75) is 6.42 Å². The van der Waals surface area contributed by atoms with Gasteiger partial charge in [-0.3, -0.25) is 4.79 Å². The molecule has 3 aromatic rings. The average molecular weight is 326 g/mol. The molecule has 2 N–H and O–H groups in total. The molecule has 0 amide bonds. The number of aromatic amines is 1. The molecule has 0 fully saturated rings. The Labute approximate surface area is 136 Å². The van der Waals surface area contributed by atoms with Crippen LogP contribution in [0, 0.1) is 0 Å². The van der Waals surface area contributed by atoms with E-state index in [1.165, 1.54) is 6.26 Å². The number of H-pyrrole nitrogens is 1. The van der Waals surface area contributed by atoms with Gasteiger partial charge in [0.25, 0.3) is 0 Å². The van der Waals surface area contributed by atoms with Gasteiger partial charge >= 0.3 is 0 Å². The van der Waals surface area contributed by atoms with Gasteiger partial charge in [-0.2, -0.15) is 5.21 Å². The summed E-state index contributed by atoms with van der Waals surface area (Å²) in [6.07, 6.45) is 2.91. The molecule has 0 saturated heterocycles. The van der Waals surface area contributed by atoms with Crippen LogP contribution in [0.1, 0.15) is 27.5 Å². The third-order valence-electron chi connectivity index (χ3n) is 3.38. The standard InChI is InChI=1S/C16H14N4O4/c1-23-11-4-2-10(3-5-11)8-15-12(6-7-24-15)13(21)9-14(22)16-17-19-20-18-16/h2-7,9,22H,8H2,1H3,(H,17,18,19,20). The summed E-state index contributed by atoms with van der Waals surface area (Å²) < 4.78 is 10.5. The van der Waals surface area contributed by atoms with Gasteiger partial charge in [-0.05, 0) is 29.0 Å². The third kappa shape index (κ3) is 3.32. The van der Waals surface area contributed by atoms with Gasteiger partial charge in [-0.1, -0.05) is 12.1 Å². The second-order valence-corrected chi connectivity index (χ2v) is 4.91. The molecule has 0 saturated carbocycles. The summed E-state index contributed by atoms with van der Waals surface area (Å²) in [6.45, 7) is 0. The quantitative estimate of drug-likeness (QED) is 0.405. The van der Waals surface area contributed by atoms with Crippen molar-refractivity contribution in [1.29, 1.82) is 0 Å². The van der Waals surface area contributed by atoms with Crippen molar-refractivity contribution >= 4 is 11.5 Å². The fourth-order valence-corrected chi connectivity index (χ4v) is 2.16. The number of nitrogens with one attached hydrogen (secondary N) is 1. The van der Waals surface area contributed by atoms with E-state index < -0.39 is 5.78 Å². The minimum absolute atomic E-state index is 0.0523. The lowest BCUT2D eigenvalue weighted by Gasteiger charge is -2.03. The van der Waals surface area contributed by atoms with Crippen LogP contribution >= 0.6 is 0 Å². The number of ether oxygens (including phenoxy) is 1. The molecule has 0 bridgehead atoms. The predicted octanol–water partition coefficient (Wildman–Crippen LogP) is 2.17. The number of nitrogens with zero attached hydrogens (tertiary/aromatic N) is 3. The molecule has 2 heterocycles. The molecule has 3 rings (SSSR count). The van der Waals surface area contributed by atoms with Crippen molar-refractivity contribution in [3.8, 4) is 5.75 Å². The zero-order valence-corrected chi connectivity index (χ0v) is 12.8. The van der Waals surface area contributed by atoms with Crippen LogP contribution < -0.4 is 4.74 Å². The Kier molecular flexibility index (Phi) is 4.37. The van der Waals surface area contributed by atoms with Crippen molar-refractivity contribution in [3.63, 3.8) is 0 Å². The van der Waals surface area contributed by atoms with Gasteiger partial charge < -0.3 is 14.3 Å². The molecule has 0 atom stereocenters. The Hall–Kier alpha value is -3.42. The maximum atomic E-state index is 12.3. The van der Waals surface area contributed by atoms with Gasteiger partial charge in [0.1, 0.15) is 11.5 Å². The molecule has 0 aliphatic rings. The Morgan fingerprint density at radius 3 is 2.79 bits per heavy atom. The number of aliphatic hydroxyl groups excluding tert-OH is 1. The Morgan fingerprint density at radius 1 is 1.33 bits per heavy atom. The predicted molar refractivity (Wildman–Crippen MR) is 83.6 cm³/mol. The van der Waals surface area contributed by atoms with Crippen molar-refractivity contribution in [2.24, 2.45) is 0 Å². The largest absolute Gasteiger partial charge is 0.504 e. The highest BCUT2D eigenvalue weighted by Crippen LogP contribution is 2.20. The normalized spacial score (nSPS) is 11.5. The number of tetrazole rings is 1. The van der Waals surface area contributed by atoms with E-state index in [2.05, 4.69) is 20.6 Å². The lowest BCUT2D eigenvalue weighted by Crippen LogP contribution is -2.00. The zero-order chi connectivity index (χ0) is 16.9. The molecule has 0 spiro atoms. The first-order valence-corrected chi connectivity index (χ1v) is 7.05. The molecule has 8 nitrogen and oxygen atoms in total. The van der Waals surface area contributed by atoms with Gasteiger partial charge in [0.05, 0.1) is 18.9 Å². The first-order chi connectivity index (χ1) is 11.7. The van der Waals surface area contributed by atoms with Crippen molar-refractivity contribution in [3.05, 3.63) is 65.4 Å². The van der Waals surface area contributed by atoms with E-state index in [1.807, 2.05) is 24.3 Å². The Morgan fingerprint density at radius 2 is 2.12 bits per heavy atom. The minimum Gasteiger partial charge on any atom is -0.504 e. The summed E-state index contributed by atoms with van der Waals surface area (Å²) in [7, 11) is 1.60.